The maximum absolute atomic E-state index is 5.36. The number of aryl methyl sites for hydroxylation is 1. The van der Waals surface area contributed by atoms with Crippen molar-refractivity contribution >= 4 is 22.7 Å². The van der Waals surface area contributed by atoms with Crippen LogP contribution in [0.25, 0.3) is 10.9 Å². The van der Waals surface area contributed by atoms with Gasteiger partial charge in [0.1, 0.15) is 11.6 Å². The Hall–Kier alpha value is -2.56. The summed E-state index contributed by atoms with van der Waals surface area (Å²) in [6, 6.07) is 10.0. The second kappa shape index (κ2) is 5.44. The predicted molar refractivity (Wildman–Crippen MR) is 84.6 cm³/mol. The molecule has 0 atom stereocenters. The number of nitrogens with one attached hydrogen (secondary N) is 1. The molecular formula is C16H18N4O. The highest BCUT2D eigenvalue weighted by atomic mass is 16.3. The van der Waals surface area contributed by atoms with E-state index in [4.69, 9.17) is 4.42 Å². The van der Waals surface area contributed by atoms with Crippen LogP contribution >= 0.6 is 0 Å². The highest BCUT2D eigenvalue weighted by Crippen LogP contribution is 2.26. The van der Waals surface area contributed by atoms with E-state index in [1.54, 1.807) is 6.26 Å². The SMILES string of the molecule is CNc1nc(N(C)Cc2ccoc2C)c2ccccc2n1. The van der Waals surface area contributed by atoms with Crippen LogP contribution in [0.2, 0.25) is 0 Å². The van der Waals surface area contributed by atoms with Crippen molar-refractivity contribution in [2.24, 2.45) is 0 Å². The highest BCUT2D eigenvalue weighted by molar-refractivity contribution is 5.90. The lowest BCUT2D eigenvalue weighted by Gasteiger charge is -2.20. The summed E-state index contributed by atoms with van der Waals surface area (Å²) < 4.78 is 5.36. The van der Waals surface area contributed by atoms with Crippen LogP contribution in [-0.2, 0) is 6.54 Å². The molecule has 108 valence electrons. The van der Waals surface area contributed by atoms with Crippen LogP contribution in [0.3, 0.4) is 0 Å². The molecule has 0 saturated carbocycles. The summed E-state index contributed by atoms with van der Waals surface area (Å²) in [5.74, 6) is 2.47. The van der Waals surface area contributed by atoms with Gasteiger partial charge in [0.15, 0.2) is 0 Å². The summed E-state index contributed by atoms with van der Waals surface area (Å²) in [6.07, 6.45) is 1.72. The van der Waals surface area contributed by atoms with E-state index in [0.717, 1.165) is 34.6 Å². The fraction of sp³-hybridized carbons (Fsp3) is 0.250. The van der Waals surface area contributed by atoms with E-state index in [0.29, 0.717) is 5.95 Å². The van der Waals surface area contributed by atoms with Crippen molar-refractivity contribution in [2.75, 3.05) is 24.3 Å². The van der Waals surface area contributed by atoms with E-state index in [1.165, 1.54) is 0 Å². The number of hydrogen-bond donors (Lipinski definition) is 1. The van der Waals surface area contributed by atoms with Crippen LogP contribution in [0.1, 0.15) is 11.3 Å². The molecule has 3 aromatic rings. The number of rotatable bonds is 4. The Labute approximate surface area is 123 Å². The minimum absolute atomic E-state index is 0.625. The van der Waals surface area contributed by atoms with E-state index in [9.17, 15) is 0 Å². The summed E-state index contributed by atoms with van der Waals surface area (Å²) in [7, 11) is 3.86. The zero-order valence-corrected chi connectivity index (χ0v) is 12.4. The first-order valence-electron chi connectivity index (χ1n) is 6.87. The van der Waals surface area contributed by atoms with Crippen LogP contribution in [0.4, 0.5) is 11.8 Å². The molecule has 0 amide bonds. The molecule has 21 heavy (non-hydrogen) atoms. The summed E-state index contributed by atoms with van der Waals surface area (Å²) in [4.78, 5) is 11.2. The number of fused-ring (bicyclic) bond motifs is 1. The summed E-state index contributed by atoms with van der Waals surface area (Å²) in [6.45, 7) is 2.72. The molecule has 0 aliphatic carbocycles. The monoisotopic (exact) mass is 282 g/mol. The molecule has 3 rings (SSSR count). The number of nitrogens with zero attached hydrogens (tertiary/aromatic N) is 3. The molecule has 2 aromatic heterocycles. The maximum atomic E-state index is 5.36. The molecule has 0 aliphatic rings. The number of benzene rings is 1. The van der Waals surface area contributed by atoms with Gasteiger partial charge >= 0.3 is 0 Å². The standard InChI is InChI=1S/C16H18N4O/c1-11-12(8-9-21-11)10-20(3)15-13-6-4-5-7-14(13)18-16(17-2)19-15/h4-9H,10H2,1-3H3,(H,17,18,19). The largest absolute Gasteiger partial charge is 0.469 e. The van der Waals surface area contributed by atoms with Gasteiger partial charge in [0.05, 0.1) is 11.8 Å². The highest BCUT2D eigenvalue weighted by Gasteiger charge is 2.13. The Balaban J connectivity index is 2.04. The lowest BCUT2D eigenvalue weighted by atomic mass is 10.2. The maximum Gasteiger partial charge on any atom is 0.224 e. The van der Waals surface area contributed by atoms with Crippen LogP contribution in [0.5, 0.6) is 0 Å². The summed E-state index contributed by atoms with van der Waals surface area (Å²) >= 11 is 0. The minimum atomic E-state index is 0.625. The average molecular weight is 282 g/mol. The summed E-state index contributed by atoms with van der Waals surface area (Å²) in [5.41, 5.74) is 2.09. The smallest absolute Gasteiger partial charge is 0.224 e. The molecule has 0 fully saturated rings. The van der Waals surface area contributed by atoms with Crippen LogP contribution < -0.4 is 10.2 Å². The Morgan fingerprint density at radius 2 is 2.00 bits per heavy atom. The number of hydrogen-bond acceptors (Lipinski definition) is 5. The third kappa shape index (κ3) is 2.54. The number of furan rings is 1. The molecule has 0 radical (unpaired) electrons. The molecule has 1 N–H and O–H groups in total. The predicted octanol–water partition coefficient (Wildman–Crippen LogP) is 3.21. The first kappa shape index (κ1) is 13.4. The van der Waals surface area contributed by atoms with Gasteiger partial charge in [-0.3, -0.25) is 0 Å². The van der Waals surface area contributed by atoms with Crippen LogP contribution in [0.15, 0.2) is 41.0 Å². The zero-order chi connectivity index (χ0) is 14.8. The molecule has 0 aliphatic heterocycles. The van der Waals surface area contributed by atoms with Crippen molar-refractivity contribution in [3.63, 3.8) is 0 Å². The van der Waals surface area contributed by atoms with Crippen molar-refractivity contribution in [1.82, 2.24) is 9.97 Å². The third-order valence-electron chi connectivity index (χ3n) is 3.54. The van der Waals surface area contributed by atoms with Gasteiger partial charge in [0.2, 0.25) is 5.95 Å². The first-order valence-corrected chi connectivity index (χ1v) is 6.87. The Kier molecular flexibility index (Phi) is 3.48. The number of aromatic nitrogens is 2. The van der Waals surface area contributed by atoms with Gasteiger partial charge < -0.3 is 14.6 Å². The molecule has 5 heteroatoms. The van der Waals surface area contributed by atoms with Gasteiger partial charge in [-0.2, -0.15) is 4.98 Å². The lowest BCUT2D eigenvalue weighted by Crippen LogP contribution is -2.19. The molecule has 1 aromatic carbocycles. The quantitative estimate of drug-likeness (QED) is 0.796. The van der Waals surface area contributed by atoms with E-state index in [1.807, 2.05) is 51.4 Å². The van der Waals surface area contributed by atoms with Crippen molar-refractivity contribution in [3.05, 3.63) is 47.9 Å². The summed E-state index contributed by atoms with van der Waals surface area (Å²) in [5, 5.41) is 4.06. The Bertz CT molecular complexity index is 766. The number of para-hydroxylation sites is 1. The molecule has 5 nitrogen and oxygen atoms in total. The topological polar surface area (TPSA) is 54.2 Å². The average Bonchev–Trinajstić information content (AvgIpc) is 2.91. The minimum Gasteiger partial charge on any atom is -0.469 e. The van der Waals surface area contributed by atoms with E-state index >= 15 is 0 Å². The van der Waals surface area contributed by atoms with E-state index < -0.39 is 0 Å². The Morgan fingerprint density at radius 1 is 1.19 bits per heavy atom. The van der Waals surface area contributed by atoms with Gasteiger partial charge in [-0.1, -0.05) is 12.1 Å². The van der Waals surface area contributed by atoms with Gasteiger partial charge in [-0.15, -0.1) is 0 Å². The van der Waals surface area contributed by atoms with Crippen molar-refractivity contribution < 1.29 is 4.42 Å². The first-order chi connectivity index (χ1) is 10.2. The molecule has 0 spiro atoms. The third-order valence-corrected chi connectivity index (χ3v) is 3.54. The van der Waals surface area contributed by atoms with Gasteiger partial charge in [-0.25, -0.2) is 4.98 Å². The number of anilines is 2. The lowest BCUT2D eigenvalue weighted by molar-refractivity contribution is 0.529. The molecule has 0 bridgehead atoms. The van der Waals surface area contributed by atoms with Gasteiger partial charge in [0.25, 0.3) is 0 Å². The molecular weight excluding hydrogens is 264 g/mol. The van der Waals surface area contributed by atoms with Crippen molar-refractivity contribution in [2.45, 2.75) is 13.5 Å². The van der Waals surface area contributed by atoms with Crippen molar-refractivity contribution in [3.8, 4) is 0 Å². The fourth-order valence-corrected chi connectivity index (χ4v) is 2.37. The fourth-order valence-electron chi connectivity index (χ4n) is 2.37. The zero-order valence-electron chi connectivity index (χ0n) is 12.4. The van der Waals surface area contributed by atoms with Crippen molar-refractivity contribution in [1.29, 1.82) is 0 Å². The second-order valence-corrected chi connectivity index (χ2v) is 5.00. The van der Waals surface area contributed by atoms with Gasteiger partial charge in [0, 0.05) is 31.6 Å². The second-order valence-electron chi connectivity index (χ2n) is 5.00. The van der Waals surface area contributed by atoms with Crippen LogP contribution in [-0.4, -0.2) is 24.1 Å². The molecule has 0 unspecified atom stereocenters. The Morgan fingerprint density at radius 3 is 2.71 bits per heavy atom. The molecule has 0 saturated heterocycles. The molecule has 2 heterocycles. The van der Waals surface area contributed by atoms with E-state index in [2.05, 4.69) is 20.2 Å². The van der Waals surface area contributed by atoms with Crippen LogP contribution in [0, 0.1) is 6.92 Å². The van der Waals surface area contributed by atoms with E-state index in [-0.39, 0.29) is 0 Å². The van der Waals surface area contributed by atoms with Gasteiger partial charge in [-0.05, 0) is 25.1 Å². The normalized spacial score (nSPS) is 10.8.